The van der Waals surface area contributed by atoms with Gasteiger partial charge in [-0.2, -0.15) is 0 Å². The van der Waals surface area contributed by atoms with Gasteiger partial charge in [0.2, 0.25) is 11.8 Å². The lowest BCUT2D eigenvalue weighted by Gasteiger charge is -2.34. The highest BCUT2D eigenvalue weighted by Crippen LogP contribution is 2.21. The van der Waals surface area contributed by atoms with Crippen molar-refractivity contribution in [3.63, 3.8) is 0 Å². The lowest BCUT2D eigenvalue weighted by Crippen LogP contribution is -2.52. The summed E-state index contributed by atoms with van der Waals surface area (Å²) in [5, 5.41) is 0. The van der Waals surface area contributed by atoms with Gasteiger partial charge >= 0.3 is 5.97 Å². The molecule has 2 saturated heterocycles. The van der Waals surface area contributed by atoms with Gasteiger partial charge in [-0.3, -0.25) is 9.59 Å². The standard InChI is InChI=1S/C15H22N2O4/c1-3-11(2)15(20)21-10-12(16-8-4-6-13(16)18)17-9-5-7-14(17)19/h3,12H,4-10H2,1-2H3. The van der Waals surface area contributed by atoms with Gasteiger partial charge in [0, 0.05) is 31.5 Å². The summed E-state index contributed by atoms with van der Waals surface area (Å²) in [7, 11) is 0. The lowest BCUT2D eigenvalue weighted by atomic mass is 10.3. The molecule has 0 bridgehead atoms. The fourth-order valence-electron chi connectivity index (χ4n) is 2.70. The largest absolute Gasteiger partial charge is 0.458 e. The molecule has 2 fully saturated rings. The number of rotatable bonds is 5. The third kappa shape index (κ3) is 3.43. The van der Waals surface area contributed by atoms with Crippen LogP contribution in [0, 0.1) is 0 Å². The van der Waals surface area contributed by atoms with Gasteiger partial charge in [0.25, 0.3) is 0 Å². The van der Waals surface area contributed by atoms with Crippen LogP contribution in [0.5, 0.6) is 0 Å². The quantitative estimate of drug-likeness (QED) is 0.562. The summed E-state index contributed by atoms with van der Waals surface area (Å²) in [5.74, 6) is -0.349. The topological polar surface area (TPSA) is 66.9 Å². The highest BCUT2D eigenvalue weighted by molar-refractivity contribution is 5.87. The summed E-state index contributed by atoms with van der Waals surface area (Å²) >= 11 is 0. The summed E-state index contributed by atoms with van der Waals surface area (Å²) in [6, 6.07) is 0. The second kappa shape index (κ2) is 6.74. The molecule has 0 radical (unpaired) electrons. The van der Waals surface area contributed by atoms with Crippen molar-refractivity contribution in [1.82, 2.24) is 9.80 Å². The minimum atomic E-state index is -0.455. The summed E-state index contributed by atoms with van der Waals surface area (Å²) < 4.78 is 5.28. The third-order valence-electron chi connectivity index (χ3n) is 4.06. The molecule has 0 spiro atoms. The van der Waals surface area contributed by atoms with Gasteiger partial charge in [-0.15, -0.1) is 0 Å². The van der Waals surface area contributed by atoms with Crippen LogP contribution in [-0.2, 0) is 19.1 Å². The number of nitrogens with zero attached hydrogens (tertiary/aromatic N) is 2. The zero-order valence-electron chi connectivity index (χ0n) is 12.6. The number of carbonyl (C=O) groups is 3. The first-order valence-corrected chi connectivity index (χ1v) is 7.43. The number of carbonyl (C=O) groups excluding carboxylic acids is 3. The smallest absolute Gasteiger partial charge is 0.333 e. The van der Waals surface area contributed by atoms with E-state index in [9.17, 15) is 14.4 Å². The van der Waals surface area contributed by atoms with Crippen LogP contribution in [0.1, 0.15) is 39.5 Å². The van der Waals surface area contributed by atoms with Crippen molar-refractivity contribution in [1.29, 1.82) is 0 Å². The van der Waals surface area contributed by atoms with Crippen molar-refractivity contribution in [2.24, 2.45) is 0 Å². The van der Waals surface area contributed by atoms with Crippen LogP contribution in [0.2, 0.25) is 0 Å². The van der Waals surface area contributed by atoms with E-state index in [4.69, 9.17) is 4.74 Å². The Kier molecular flexibility index (Phi) is 4.98. The summed E-state index contributed by atoms with van der Waals surface area (Å²) in [5.41, 5.74) is 0.522. The molecule has 2 aliphatic rings. The van der Waals surface area contributed by atoms with E-state index in [0.717, 1.165) is 12.8 Å². The molecule has 0 aliphatic carbocycles. The van der Waals surface area contributed by atoms with Gasteiger partial charge in [0.1, 0.15) is 12.8 Å². The van der Waals surface area contributed by atoms with E-state index in [1.165, 1.54) is 0 Å². The van der Waals surface area contributed by atoms with E-state index in [0.29, 0.717) is 31.5 Å². The summed E-state index contributed by atoms with van der Waals surface area (Å²) in [6.45, 7) is 4.73. The average Bonchev–Trinajstić information content (AvgIpc) is 3.08. The maximum Gasteiger partial charge on any atom is 0.333 e. The van der Waals surface area contributed by atoms with Crippen LogP contribution < -0.4 is 0 Å². The SMILES string of the molecule is CC=C(C)C(=O)OCC(N1CCCC1=O)N1CCCC1=O. The molecule has 0 aromatic rings. The Morgan fingerprint density at radius 2 is 1.71 bits per heavy atom. The van der Waals surface area contributed by atoms with Crippen LogP contribution in [0.15, 0.2) is 11.6 Å². The number of hydrogen-bond donors (Lipinski definition) is 0. The lowest BCUT2D eigenvalue weighted by molar-refractivity contribution is -0.152. The summed E-state index contributed by atoms with van der Waals surface area (Å²) in [6.07, 6.45) is 3.81. The van der Waals surface area contributed by atoms with E-state index >= 15 is 0 Å². The molecule has 0 aromatic heterocycles. The molecule has 116 valence electrons. The molecule has 2 heterocycles. The van der Waals surface area contributed by atoms with Crippen molar-refractivity contribution < 1.29 is 19.1 Å². The normalized spacial score (nSPS) is 19.9. The highest BCUT2D eigenvalue weighted by atomic mass is 16.5. The van der Waals surface area contributed by atoms with E-state index in [2.05, 4.69) is 0 Å². The molecule has 21 heavy (non-hydrogen) atoms. The second-order valence-electron chi connectivity index (χ2n) is 5.43. The van der Waals surface area contributed by atoms with Crippen LogP contribution >= 0.6 is 0 Å². The van der Waals surface area contributed by atoms with Gasteiger partial charge in [0.05, 0.1) is 0 Å². The molecule has 2 aliphatic heterocycles. The van der Waals surface area contributed by atoms with Crippen molar-refractivity contribution in [3.05, 3.63) is 11.6 Å². The maximum absolute atomic E-state index is 11.9. The Labute approximate surface area is 124 Å². The Hall–Kier alpha value is -1.85. The monoisotopic (exact) mass is 294 g/mol. The van der Waals surface area contributed by atoms with Crippen molar-refractivity contribution in [2.75, 3.05) is 19.7 Å². The predicted molar refractivity (Wildman–Crippen MR) is 76.1 cm³/mol. The second-order valence-corrected chi connectivity index (χ2v) is 5.43. The molecule has 6 nitrogen and oxygen atoms in total. The fraction of sp³-hybridized carbons (Fsp3) is 0.667. The van der Waals surface area contributed by atoms with Crippen LogP contribution in [-0.4, -0.2) is 53.4 Å². The predicted octanol–water partition coefficient (Wildman–Crippen LogP) is 1.07. The number of hydrogen-bond acceptors (Lipinski definition) is 4. The molecule has 2 amide bonds. The first-order chi connectivity index (χ1) is 10.0. The van der Waals surface area contributed by atoms with Gasteiger partial charge < -0.3 is 14.5 Å². The zero-order chi connectivity index (χ0) is 15.4. The first-order valence-electron chi connectivity index (χ1n) is 7.43. The number of ether oxygens (including phenoxy) is 1. The molecule has 2 rings (SSSR count). The minimum absolute atomic E-state index is 0.0264. The highest BCUT2D eigenvalue weighted by Gasteiger charge is 2.37. The molecule has 0 N–H and O–H groups in total. The average molecular weight is 294 g/mol. The number of allylic oxidation sites excluding steroid dienone is 1. The van der Waals surface area contributed by atoms with Crippen LogP contribution in [0.25, 0.3) is 0 Å². The molecule has 0 aromatic carbocycles. The Morgan fingerprint density at radius 1 is 1.19 bits per heavy atom. The van der Waals surface area contributed by atoms with Crippen LogP contribution in [0.4, 0.5) is 0 Å². The van der Waals surface area contributed by atoms with E-state index in [1.807, 2.05) is 0 Å². The van der Waals surface area contributed by atoms with Gasteiger partial charge in [0.15, 0.2) is 0 Å². The maximum atomic E-state index is 11.9. The summed E-state index contributed by atoms with van der Waals surface area (Å²) in [4.78, 5) is 39.0. The zero-order valence-corrected chi connectivity index (χ0v) is 12.6. The van der Waals surface area contributed by atoms with Crippen molar-refractivity contribution >= 4 is 17.8 Å². The number of amides is 2. The van der Waals surface area contributed by atoms with E-state index in [-0.39, 0.29) is 18.4 Å². The molecular formula is C15H22N2O4. The third-order valence-corrected chi connectivity index (χ3v) is 4.06. The molecular weight excluding hydrogens is 272 g/mol. The minimum Gasteiger partial charge on any atom is -0.458 e. The van der Waals surface area contributed by atoms with E-state index in [1.54, 1.807) is 29.7 Å². The van der Waals surface area contributed by atoms with Crippen molar-refractivity contribution in [3.8, 4) is 0 Å². The molecule has 0 saturated carbocycles. The molecule has 0 unspecified atom stereocenters. The number of esters is 1. The van der Waals surface area contributed by atoms with Crippen molar-refractivity contribution in [2.45, 2.75) is 45.7 Å². The van der Waals surface area contributed by atoms with E-state index < -0.39 is 12.1 Å². The Balaban J connectivity index is 2.07. The first kappa shape index (κ1) is 15.5. The van der Waals surface area contributed by atoms with Crippen LogP contribution in [0.3, 0.4) is 0 Å². The fourth-order valence-corrected chi connectivity index (χ4v) is 2.70. The van der Waals surface area contributed by atoms with Gasteiger partial charge in [-0.25, -0.2) is 4.79 Å². The number of likely N-dealkylation sites (tertiary alicyclic amines) is 2. The Morgan fingerprint density at radius 3 is 2.10 bits per heavy atom. The van der Waals surface area contributed by atoms with Gasteiger partial charge in [-0.05, 0) is 26.7 Å². The Bertz CT molecular complexity index is 446. The molecule has 0 atom stereocenters. The van der Waals surface area contributed by atoms with Gasteiger partial charge in [-0.1, -0.05) is 6.08 Å². The molecule has 6 heteroatoms.